The summed E-state index contributed by atoms with van der Waals surface area (Å²) in [4.78, 5) is 22.1. The van der Waals surface area contributed by atoms with E-state index in [0.29, 0.717) is 10.3 Å². The number of hydrogen-bond acceptors (Lipinski definition) is 7. The number of nitrogens with one attached hydrogen (secondary N) is 1. The Labute approximate surface area is 176 Å². The number of amides is 1. The number of benzene rings is 1. The van der Waals surface area contributed by atoms with E-state index in [0.717, 1.165) is 27.5 Å². The van der Waals surface area contributed by atoms with Gasteiger partial charge in [0.25, 0.3) is 0 Å². The molecule has 0 saturated heterocycles. The Balaban J connectivity index is 1.40. The van der Waals surface area contributed by atoms with E-state index in [-0.39, 0.29) is 11.7 Å². The van der Waals surface area contributed by atoms with Crippen LogP contribution >= 0.6 is 23.1 Å². The van der Waals surface area contributed by atoms with Crippen molar-refractivity contribution in [3.63, 3.8) is 0 Å². The second-order valence-corrected chi connectivity index (χ2v) is 8.37. The molecule has 4 aromatic rings. The van der Waals surface area contributed by atoms with Crippen LogP contribution in [0.25, 0.3) is 22.6 Å². The van der Waals surface area contributed by atoms with Crippen molar-refractivity contribution in [1.29, 1.82) is 0 Å². The first-order valence-electron chi connectivity index (χ1n) is 8.87. The highest BCUT2D eigenvalue weighted by Gasteiger charge is 2.15. The lowest BCUT2D eigenvalue weighted by Gasteiger charge is -2.04. The summed E-state index contributed by atoms with van der Waals surface area (Å²) < 4.78 is 1.87. The lowest BCUT2D eigenvalue weighted by molar-refractivity contribution is -0.113. The molecular formula is C20H18N6OS2. The lowest BCUT2D eigenvalue weighted by atomic mass is 10.1. The summed E-state index contributed by atoms with van der Waals surface area (Å²) >= 11 is 2.81. The third-order valence-corrected chi connectivity index (χ3v) is 6.10. The van der Waals surface area contributed by atoms with E-state index in [1.165, 1.54) is 23.1 Å². The van der Waals surface area contributed by atoms with Crippen molar-refractivity contribution in [3.05, 3.63) is 59.7 Å². The maximum atomic E-state index is 12.4. The van der Waals surface area contributed by atoms with E-state index in [1.807, 2.05) is 61.0 Å². The number of aryl methyl sites for hydroxylation is 1. The molecule has 146 valence electrons. The summed E-state index contributed by atoms with van der Waals surface area (Å²) in [6.07, 6.45) is 3.42. The van der Waals surface area contributed by atoms with Crippen LogP contribution in [0, 0.1) is 6.92 Å². The zero-order valence-corrected chi connectivity index (χ0v) is 17.5. The fourth-order valence-electron chi connectivity index (χ4n) is 2.79. The van der Waals surface area contributed by atoms with E-state index in [4.69, 9.17) is 0 Å². The largest absolute Gasteiger partial charge is 0.305 e. The van der Waals surface area contributed by atoms with Gasteiger partial charge < -0.3 is 9.88 Å². The first-order chi connectivity index (χ1) is 14.1. The quantitative estimate of drug-likeness (QED) is 0.472. The van der Waals surface area contributed by atoms with Crippen LogP contribution < -0.4 is 5.32 Å². The second-order valence-electron chi connectivity index (χ2n) is 6.23. The maximum Gasteiger partial charge on any atom is 0.236 e. The first kappa shape index (κ1) is 19.3. The van der Waals surface area contributed by atoms with Gasteiger partial charge in [-0.15, -0.1) is 21.5 Å². The van der Waals surface area contributed by atoms with Crippen LogP contribution in [-0.2, 0) is 11.8 Å². The van der Waals surface area contributed by atoms with Gasteiger partial charge in [0, 0.05) is 35.4 Å². The molecule has 0 aliphatic rings. The summed E-state index contributed by atoms with van der Waals surface area (Å²) in [5.74, 6) is 0.830. The van der Waals surface area contributed by atoms with Crippen LogP contribution in [0.15, 0.2) is 60.0 Å². The topological polar surface area (TPSA) is 85.6 Å². The van der Waals surface area contributed by atoms with E-state index < -0.39 is 0 Å². The van der Waals surface area contributed by atoms with Gasteiger partial charge in [-0.1, -0.05) is 42.1 Å². The zero-order chi connectivity index (χ0) is 20.2. The van der Waals surface area contributed by atoms with Gasteiger partial charge >= 0.3 is 0 Å². The molecule has 1 N–H and O–H groups in total. The van der Waals surface area contributed by atoms with E-state index in [9.17, 15) is 4.79 Å². The highest BCUT2D eigenvalue weighted by atomic mass is 32.2. The molecule has 3 aromatic heterocycles. The number of pyridine rings is 1. The number of aromatic nitrogens is 5. The van der Waals surface area contributed by atoms with Crippen LogP contribution in [0.1, 0.15) is 4.88 Å². The smallest absolute Gasteiger partial charge is 0.236 e. The molecule has 9 heteroatoms. The number of rotatable bonds is 6. The van der Waals surface area contributed by atoms with Crippen LogP contribution in [0.2, 0.25) is 0 Å². The Morgan fingerprint density at radius 3 is 2.62 bits per heavy atom. The summed E-state index contributed by atoms with van der Waals surface area (Å²) in [5.41, 5.74) is 2.87. The minimum Gasteiger partial charge on any atom is -0.305 e. The number of hydrogen-bond donors (Lipinski definition) is 1. The molecule has 7 nitrogen and oxygen atoms in total. The number of thiazole rings is 1. The van der Waals surface area contributed by atoms with Crippen molar-refractivity contribution >= 4 is 34.1 Å². The molecule has 0 aliphatic heterocycles. The number of nitrogens with zero attached hydrogens (tertiary/aromatic N) is 5. The molecule has 0 unspecified atom stereocenters. The molecule has 1 amide bonds. The summed E-state index contributed by atoms with van der Waals surface area (Å²) in [5, 5.41) is 12.6. The Kier molecular flexibility index (Phi) is 5.68. The predicted molar refractivity (Wildman–Crippen MR) is 116 cm³/mol. The number of thioether (sulfide) groups is 1. The van der Waals surface area contributed by atoms with Gasteiger partial charge in [-0.05, 0) is 19.1 Å². The molecule has 1 aromatic carbocycles. The van der Waals surface area contributed by atoms with Crippen molar-refractivity contribution in [2.75, 3.05) is 11.1 Å². The fourth-order valence-corrected chi connectivity index (χ4v) is 4.36. The van der Waals surface area contributed by atoms with Gasteiger partial charge in [-0.3, -0.25) is 9.78 Å². The van der Waals surface area contributed by atoms with Gasteiger partial charge in [0.15, 0.2) is 16.1 Å². The molecule has 0 radical (unpaired) electrons. The van der Waals surface area contributed by atoms with Crippen LogP contribution in [0.4, 0.5) is 5.13 Å². The average Bonchev–Trinajstić information content (AvgIpc) is 3.29. The molecule has 29 heavy (non-hydrogen) atoms. The summed E-state index contributed by atoms with van der Waals surface area (Å²) in [6, 6.07) is 13.7. The third-order valence-electron chi connectivity index (χ3n) is 4.20. The minimum absolute atomic E-state index is 0.128. The third kappa shape index (κ3) is 4.36. The first-order valence-corrected chi connectivity index (χ1v) is 10.7. The van der Waals surface area contributed by atoms with Gasteiger partial charge in [0.2, 0.25) is 5.91 Å². The molecule has 0 spiro atoms. The van der Waals surface area contributed by atoms with Gasteiger partial charge in [0.05, 0.1) is 11.4 Å². The predicted octanol–water partition coefficient (Wildman–Crippen LogP) is 4.04. The highest BCUT2D eigenvalue weighted by molar-refractivity contribution is 7.99. The number of carbonyl (C=O) groups is 1. The molecular weight excluding hydrogens is 404 g/mol. The van der Waals surface area contributed by atoms with Gasteiger partial charge in [-0.25, -0.2) is 4.98 Å². The Morgan fingerprint density at radius 1 is 1.10 bits per heavy atom. The van der Waals surface area contributed by atoms with E-state index >= 15 is 0 Å². The van der Waals surface area contributed by atoms with E-state index in [1.54, 1.807) is 12.4 Å². The summed E-state index contributed by atoms with van der Waals surface area (Å²) in [6.45, 7) is 2.00. The van der Waals surface area contributed by atoms with Gasteiger partial charge in [0.1, 0.15) is 0 Å². The Morgan fingerprint density at radius 2 is 1.86 bits per heavy atom. The summed E-state index contributed by atoms with van der Waals surface area (Å²) in [7, 11) is 1.88. The fraction of sp³-hybridized carbons (Fsp3) is 0.150. The number of anilines is 1. The lowest BCUT2D eigenvalue weighted by Crippen LogP contribution is -2.14. The number of carbonyl (C=O) groups excluding carboxylic acids is 1. The van der Waals surface area contributed by atoms with Crippen molar-refractivity contribution < 1.29 is 4.79 Å². The zero-order valence-electron chi connectivity index (χ0n) is 15.9. The normalized spacial score (nSPS) is 10.8. The molecule has 0 aliphatic carbocycles. The van der Waals surface area contributed by atoms with Crippen molar-refractivity contribution in [1.82, 2.24) is 24.7 Å². The molecule has 0 fully saturated rings. The molecule has 0 bridgehead atoms. The van der Waals surface area contributed by atoms with E-state index in [2.05, 4.69) is 25.5 Å². The van der Waals surface area contributed by atoms with Crippen molar-refractivity contribution in [2.24, 2.45) is 7.05 Å². The molecule has 4 rings (SSSR count). The standard InChI is InChI=1S/C20H18N6OS2/c1-13-17(14-6-4-3-5-7-14)23-19(29-13)22-16(27)12-28-20-25-24-18(26(20)2)15-8-10-21-11-9-15/h3-11H,12H2,1-2H3,(H,22,23,27). The van der Waals surface area contributed by atoms with Crippen LogP contribution in [0.5, 0.6) is 0 Å². The second kappa shape index (κ2) is 8.54. The maximum absolute atomic E-state index is 12.4. The Hall–Kier alpha value is -3.04. The molecule has 0 saturated carbocycles. The molecule has 3 heterocycles. The average molecular weight is 423 g/mol. The van der Waals surface area contributed by atoms with Crippen LogP contribution in [-0.4, -0.2) is 36.4 Å². The minimum atomic E-state index is -0.128. The van der Waals surface area contributed by atoms with Crippen LogP contribution in [0.3, 0.4) is 0 Å². The van der Waals surface area contributed by atoms with Crippen molar-refractivity contribution in [2.45, 2.75) is 12.1 Å². The monoisotopic (exact) mass is 422 g/mol. The Bertz CT molecular complexity index is 1120. The highest BCUT2D eigenvalue weighted by Crippen LogP contribution is 2.30. The SMILES string of the molecule is Cc1sc(NC(=O)CSc2nnc(-c3ccncc3)n2C)nc1-c1ccccc1. The molecule has 0 atom stereocenters. The van der Waals surface area contributed by atoms with Gasteiger partial charge in [-0.2, -0.15) is 0 Å². The van der Waals surface area contributed by atoms with Crippen molar-refractivity contribution in [3.8, 4) is 22.6 Å².